The summed E-state index contributed by atoms with van der Waals surface area (Å²) in [5.41, 5.74) is 0. The Morgan fingerprint density at radius 2 is 2.00 bits per heavy atom. The lowest BCUT2D eigenvalue weighted by atomic mass is 10.1. The third kappa shape index (κ3) is 4.77. The second-order valence-corrected chi connectivity index (χ2v) is 4.78. The highest BCUT2D eigenvalue weighted by molar-refractivity contribution is 7.99. The minimum absolute atomic E-state index is 0.131. The minimum atomic E-state index is 0.131. The molecule has 1 N–H and O–H groups in total. The van der Waals surface area contributed by atoms with Crippen molar-refractivity contribution in [3.63, 3.8) is 0 Å². The van der Waals surface area contributed by atoms with Gasteiger partial charge < -0.3 is 5.32 Å². The Labute approximate surface area is 90.5 Å². The maximum absolute atomic E-state index is 6.24. The molecule has 0 saturated carbocycles. The monoisotopic (exact) mass is 222 g/mol. The van der Waals surface area contributed by atoms with Crippen LogP contribution in [0.15, 0.2) is 4.99 Å². The zero-order valence-electron chi connectivity index (χ0n) is 8.97. The number of amidine groups is 1. The van der Waals surface area contributed by atoms with Gasteiger partial charge in [0.2, 0.25) is 0 Å². The van der Waals surface area contributed by atoms with E-state index in [2.05, 4.69) is 30.4 Å². The number of halogens is 1. The van der Waals surface area contributed by atoms with E-state index in [4.69, 9.17) is 11.6 Å². The third-order valence-corrected chi connectivity index (χ3v) is 3.69. The summed E-state index contributed by atoms with van der Waals surface area (Å²) in [6.07, 6.45) is 2.05. The van der Waals surface area contributed by atoms with E-state index in [0.717, 1.165) is 5.84 Å². The van der Waals surface area contributed by atoms with Crippen LogP contribution in [0.1, 0.15) is 20.8 Å². The lowest BCUT2D eigenvalue weighted by Crippen LogP contribution is -2.39. The number of nitrogens with one attached hydrogen (secondary N) is 1. The van der Waals surface area contributed by atoms with E-state index >= 15 is 0 Å². The van der Waals surface area contributed by atoms with Crippen LogP contribution >= 0.6 is 23.4 Å². The number of aliphatic imine (C=N–C) groups is 1. The molecule has 0 rings (SSSR count). The molecular weight excluding hydrogens is 204 g/mol. The van der Waals surface area contributed by atoms with Crippen LogP contribution in [0, 0.1) is 5.92 Å². The second kappa shape index (κ2) is 6.55. The first kappa shape index (κ1) is 13.1. The Kier molecular flexibility index (Phi) is 6.60. The molecule has 0 amide bonds. The second-order valence-electron chi connectivity index (χ2n) is 3.30. The van der Waals surface area contributed by atoms with Crippen LogP contribution in [0.3, 0.4) is 0 Å². The molecule has 0 aliphatic rings. The Morgan fingerprint density at radius 1 is 1.46 bits per heavy atom. The van der Waals surface area contributed by atoms with Gasteiger partial charge in [0.25, 0.3) is 0 Å². The zero-order chi connectivity index (χ0) is 10.4. The molecule has 0 aromatic heterocycles. The number of alkyl halides is 1. The lowest BCUT2D eigenvalue weighted by Gasteiger charge is -2.24. The molecule has 78 valence electrons. The van der Waals surface area contributed by atoms with E-state index < -0.39 is 0 Å². The van der Waals surface area contributed by atoms with Crippen molar-refractivity contribution in [2.75, 3.05) is 13.3 Å². The summed E-state index contributed by atoms with van der Waals surface area (Å²) in [6.45, 7) is 6.20. The van der Waals surface area contributed by atoms with Gasteiger partial charge in [-0.15, -0.1) is 23.4 Å². The molecule has 4 heteroatoms. The van der Waals surface area contributed by atoms with Crippen molar-refractivity contribution in [3.8, 4) is 0 Å². The van der Waals surface area contributed by atoms with Crippen LogP contribution < -0.4 is 5.32 Å². The molecule has 2 atom stereocenters. The van der Waals surface area contributed by atoms with E-state index in [1.807, 2.05) is 6.92 Å². The lowest BCUT2D eigenvalue weighted by molar-refractivity contribution is 0.563. The average Bonchev–Trinajstić information content (AvgIpc) is 2.12. The molecule has 0 aromatic rings. The van der Waals surface area contributed by atoms with Gasteiger partial charge in [-0.3, -0.25) is 4.99 Å². The van der Waals surface area contributed by atoms with Crippen molar-refractivity contribution >= 4 is 29.2 Å². The van der Waals surface area contributed by atoms with E-state index in [1.165, 1.54) is 0 Å². The number of hydrogen-bond acceptors (Lipinski definition) is 2. The molecule has 0 aliphatic heterocycles. The molecule has 0 aromatic carbocycles. The zero-order valence-corrected chi connectivity index (χ0v) is 10.5. The van der Waals surface area contributed by atoms with Gasteiger partial charge in [-0.25, -0.2) is 0 Å². The predicted octanol–water partition coefficient (Wildman–Crippen LogP) is 2.58. The summed E-state index contributed by atoms with van der Waals surface area (Å²) in [7, 11) is 1.78. The van der Waals surface area contributed by atoms with Crippen LogP contribution in [0.5, 0.6) is 0 Å². The summed E-state index contributed by atoms with van der Waals surface area (Å²) < 4.78 is 0. The topological polar surface area (TPSA) is 24.4 Å². The van der Waals surface area contributed by atoms with Crippen LogP contribution in [-0.2, 0) is 0 Å². The average molecular weight is 223 g/mol. The predicted molar refractivity (Wildman–Crippen MR) is 64.0 cm³/mol. The van der Waals surface area contributed by atoms with E-state index in [-0.39, 0.29) is 10.8 Å². The van der Waals surface area contributed by atoms with Crippen molar-refractivity contribution < 1.29 is 0 Å². The summed E-state index contributed by atoms with van der Waals surface area (Å²) in [6, 6.07) is 0. The molecule has 13 heavy (non-hydrogen) atoms. The molecule has 0 radical (unpaired) electrons. The van der Waals surface area contributed by atoms with Gasteiger partial charge in [0.15, 0.2) is 0 Å². The molecule has 0 aliphatic carbocycles. The van der Waals surface area contributed by atoms with E-state index in [9.17, 15) is 0 Å². The van der Waals surface area contributed by atoms with Gasteiger partial charge in [-0.2, -0.15) is 0 Å². The third-order valence-electron chi connectivity index (χ3n) is 1.87. The summed E-state index contributed by atoms with van der Waals surface area (Å²) in [4.78, 5) is 4.05. The van der Waals surface area contributed by atoms with Gasteiger partial charge in [0.05, 0.1) is 16.6 Å². The summed E-state index contributed by atoms with van der Waals surface area (Å²) in [5, 5.41) is 3.65. The van der Waals surface area contributed by atoms with Gasteiger partial charge in [-0.1, -0.05) is 13.8 Å². The summed E-state index contributed by atoms with van der Waals surface area (Å²) in [5.74, 6) is 1.40. The largest absolute Gasteiger partial charge is 0.361 e. The highest BCUT2D eigenvalue weighted by Crippen LogP contribution is 2.20. The molecule has 0 spiro atoms. The van der Waals surface area contributed by atoms with Crippen LogP contribution in [0.2, 0.25) is 0 Å². The first-order valence-electron chi connectivity index (χ1n) is 4.39. The fraction of sp³-hybridized carbons (Fsp3) is 0.889. The number of thioether (sulfide) groups is 1. The number of nitrogens with zero attached hydrogens (tertiary/aromatic N) is 1. The van der Waals surface area contributed by atoms with Gasteiger partial charge in [-0.05, 0) is 19.1 Å². The first-order valence-corrected chi connectivity index (χ1v) is 6.12. The normalized spacial score (nSPS) is 17.3. The minimum Gasteiger partial charge on any atom is -0.361 e. The molecule has 2 nitrogen and oxygen atoms in total. The van der Waals surface area contributed by atoms with Crippen LogP contribution in [0.4, 0.5) is 0 Å². The summed E-state index contributed by atoms with van der Waals surface area (Å²) >= 11 is 7.97. The maximum Gasteiger partial charge on any atom is 0.0937 e. The smallest absolute Gasteiger partial charge is 0.0937 e. The number of rotatable bonds is 4. The van der Waals surface area contributed by atoms with Crippen LogP contribution in [0.25, 0.3) is 0 Å². The van der Waals surface area contributed by atoms with Crippen molar-refractivity contribution in [1.29, 1.82) is 0 Å². The SMILES string of the molecule is CN=C(C)NC(SC)C(Cl)C(C)C. The van der Waals surface area contributed by atoms with Crippen LogP contribution in [-0.4, -0.2) is 29.9 Å². The molecule has 0 heterocycles. The highest BCUT2D eigenvalue weighted by atomic mass is 35.5. The van der Waals surface area contributed by atoms with E-state index in [0.29, 0.717) is 5.92 Å². The highest BCUT2D eigenvalue weighted by Gasteiger charge is 2.21. The Bertz CT molecular complexity index is 171. The Morgan fingerprint density at radius 3 is 2.31 bits per heavy atom. The Hall–Kier alpha value is 0.110. The molecule has 0 fully saturated rings. The quantitative estimate of drug-likeness (QED) is 0.342. The molecule has 0 bridgehead atoms. The van der Waals surface area contributed by atoms with Crippen molar-refractivity contribution in [2.45, 2.75) is 31.5 Å². The molecule has 2 unspecified atom stereocenters. The Balaban J connectivity index is 4.17. The van der Waals surface area contributed by atoms with Crippen molar-refractivity contribution in [2.24, 2.45) is 10.9 Å². The molecular formula is C9H19ClN2S. The van der Waals surface area contributed by atoms with Crippen molar-refractivity contribution in [1.82, 2.24) is 5.32 Å². The molecule has 0 saturated heterocycles. The standard InChI is InChI=1S/C9H19ClN2S/c1-6(2)8(10)9(13-5)12-7(3)11-4/h6,8-9H,1-5H3,(H,11,12). The fourth-order valence-corrected chi connectivity index (χ4v) is 2.12. The number of hydrogen-bond donors (Lipinski definition) is 1. The maximum atomic E-state index is 6.24. The first-order chi connectivity index (χ1) is 6.02. The van der Waals surface area contributed by atoms with Gasteiger partial charge >= 0.3 is 0 Å². The van der Waals surface area contributed by atoms with E-state index in [1.54, 1.807) is 18.8 Å². The fourth-order valence-electron chi connectivity index (χ4n) is 0.889. The van der Waals surface area contributed by atoms with Crippen molar-refractivity contribution in [3.05, 3.63) is 0 Å². The van der Waals surface area contributed by atoms with Gasteiger partial charge in [0.1, 0.15) is 0 Å². The van der Waals surface area contributed by atoms with Gasteiger partial charge in [0, 0.05) is 7.05 Å².